The van der Waals surface area contributed by atoms with Crippen molar-refractivity contribution < 1.29 is 58.4 Å². The van der Waals surface area contributed by atoms with Gasteiger partial charge in [0.25, 0.3) is 0 Å². The van der Waals surface area contributed by atoms with Crippen molar-refractivity contribution in [2.24, 2.45) is 29.4 Å². The summed E-state index contributed by atoms with van der Waals surface area (Å²) in [5, 5.41) is 56.0. The molecule has 97 heavy (non-hydrogen) atoms. The molecule has 5 amide bonds. The molecule has 3 aliphatic rings. The molecule has 0 bridgehead atoms. The maximum atomic E-state index is 15.4. The summed E-state index contributed by atoms with van der Waals surface area (Å²) in [6.07, 6.45) is 14.1. The molecule has 11 atom stereocenters. The lowest BCUT2D eigenvalue weighted by atomic mass is 9.88. The van der Waals surface area contributed by atoms with Gasteiger partial charge >= 0.3 is 0 Å². The Kier molecular flexibility index (Phi) is 31.1. The number of unbranched alkanes of at least 4 members (excludes halogenated alkanes) is 4. The monoisotopic (exact) mass is 1370 g/mol. The van der Waals surface area contributed by atoms with Gasteiger partial charge in [-0.25, -0.2) is 4.68 Å². The van der Waals surface area contributed by atoms with Gasteiger partial charge in [-0.2, -0.15) is 0 Å². The van der Waals surface area contributed by atoms with Gasteiger partial charge in [0, 0.05) is 72.9 Å². The van der Waals surface area contributed by atoms with Gasteiger partial charge in [-0.1, -0.05) is 170 Å². The van der Waals surface area contributed by atoms with Gasteiger partial charge in [0.2, 0.25) is 29.5 Å². The Hall–Kier alpha value is -6.80. The van der Waals surface area contributed by atoms with Crippen molar-refractivity contribution in [3.05, 3.63) is 119 Å². The van der Waals surface area contributed by atoms with Crippen LogP contribution in [0, 0.1) is 23.7 Å². The number of nitrogens with one attached hydrogen (secondary N) is 6. The molecule has 2 fully saturated rings. The molecule has 1 saturated carbocycles. The standard InChI is InChI=1S/C73H102N10O12S2/c1-47(85)54(44-84)40-65(89)61-46-97-96-45-55(41-64(88)59(36-50-25-9-5-10-26-50)76-67(90)43-83-62-32-13-7-14-33-66(69(62)81-82-83)95-35-21-4-3-8-22-49-23-15-16-24-49)71(92)78-60(37-51-27-11-6-12-28-51)63(87)39-52(38-53-42-75-57-30-18-17-29-56(53)57)70(91)77-58(31-19-20-34-74)72(93)80-68(48(2)86)73(94)79-61/h5-6,9-12,17-18,25-30,42,47-49,52,54-55,58-61,66,68,75,84-86H,3-4,7-8,13-16,19-24,31-41,43-46,74H2,1-2H3,(H,76,90)(H,77,91)(H,78,92)(H,79,94)(H,80,93). The van der Waals surface area contributed by atoms with E-state index in [2.05, 4.69) is 41.9 Å². The number of amides is 5. The fraction of sp³-hybridized carbons (Fsp3) is 0.589. The maximum absolute atomic E-state index is 15.4. The van der Waals surface area contributed by atoms with E-state index in [-0.39, 0.29) is 62.8 Å². The summed E-state index contributed by atoms with van der Waals surface area (Å²) in [6.45, 7) is 2.80. The molecule has 5 aromatic rings. The molecule has 8 rings (SSSR count). The zero-order valence-corrected chi connectivity index (χ0v) is 58.0. The van der Waals surface area contributed by atoms with Crippen molar-refractivity contribution >= 4 is 79.4 Å². The minimum absolute atomic E-state index is 0.00308. The SMILES string of the molecule is CC(O)C(CO)CC(=O)C1CSSCC(CC(=O)C(Cc2ccccc2)NC(=O)Cn2nnc3c2CCCCCC3OCCCCCCC2CCCC2)C(=O)NC(Cc2ccccc2)C(=O)CC(Cc2c[nH]c3ccccc23)C(=O)NC(CCCCN)C(=O)NC(C(C)O)C(=O)N1. The predicted molar refractivity (Wildman–Crippen MR) is 375 cm³/mol. The zero-order chi connectivity index (χ0) is 69.1. The average molecular weight is 1380 g/mol. The summed E-state index contributed by atoms with van der Waals surface area (Å²) in [5.41, 5.74) is 10.4. The zero-order valence-electron chi connectivity index (χ0n) is 56.3. The molecule has 11 N–H and O–H groups in total. The Labute approximate surface area is 577 Å². The van der Waals surface area contributed by atoms with Gasteiger partial charge in [-0.3, -0.25) is 38.4 Å². The van der Waals surface area contributed by atoms with Crippen molar-refractivity contribution in [1.29, 1.82) is 0 Å². The third-order valence-corrected chi connectivity index (χ3v) is 21.7. The number of rotatable bonds is 30. The second-order valence-corrected chi connectivity index (χ2v) is 29.4. The number of carbonyl (C=O) groups excluding carboxylic acids is 8. The lowest BCUT2D eigenvalue weighted by molar-refractivity contribution is -0.137. The molecule has 2 aliphatic carbocycles. The highest BCUT2D eigenvalue weighted by molar-refractivity contribution is 8.76. The molecule has 1 aliphatic heterocycles. The molecule has 3 heterocycles. The topological polar surface area (TPSA) is 339 Å². The normalized spacial score (nSPS) is 22.7. The van der Waals surface area contributed by atoms with E-state index in [0.717, 1.165) is 93.9 Å². The van der Waals surface area contributed by atoms with Crippen LogP contribution in [0.5, 0.6) is 0 Å². The molecule has 1 saturated heterocycles. The lowest BCUT2D eigenvalue weighted by Gasteiger charge is -2.29. The number of Topliss-reactive ketones (excluding diaryl/α,β-unsaturated/α-hetero) is 3. The quantitative estimate of drug-likeness (QED) is 0.0160. The smallest absolute Gasteiger partial charge is 0.245 e. The van der Waals surface area contributed by atoms with Crippen LogP contribution in [-0.2, 0) is 75.3 Å². The van der Waals surface area contributed by atoms with E-state index in [0.29, 0.717) is 37.0 Å². The van der Waals surface area contributed by atoms with E-state index in [4.69, 9.17) is 10.5 Å². The van der Waals surface area contributed by atoms with Crippen LogP contribution < -0.4 is 32.3 Å². The van der Waals surface area contributed by atoms with Gasteiger partial charge in [0.1, 0.15) is 30.4 Å². The number of hydrogen-bond acceptors (Lipinski definition) is 17. The Balaban J connectivity index is 1.09. The van der Waals surface area contributed by atoms with Crippen LogP contribution in [0.1, 0.15) is 170 Å². The highest BCUT2D eigenvalue weighted by Crippen LogP contribution is 2.33. The van der Waals surface area contributed by atoms with Gasteiger partial charge in [0.15, 0.2) is 17.3 Å². The Morgan fingerprint density at radius 1 is 0.722 bits per heavy atom. The molecular weight excluding hydrogens is 1270 g/mol. The molecule has 528 valence electrons. The maximum Gasteiger partial charge on any atom is 0.245 e. The number of nitrogens with two attached hydrogens (primary N) is 1. The molecule has 2 aromatic heterocycles. The van der Waals surface area contributed by atoms with Crippen molar-refractivity contribution in [3.8, 4) is 0 Å². The van der Waals surface area contributed by atoms with Gasteiger partial charge in [-0.05, 0) is 113 Å². The third kappa shape index (κ3) is 23.7. The summed E-state index contributed by atoms with van der Waals surface area (Å²) in [5.74, 6) is -7.81. The number of H-pyrrole nitrogens is 1. The Morgan fingerprint density at radius 3 is 2.13 bits per heavy atom. The van der Waals surface area contributed by atoms with Crippen LogP contribution in [0.25, 0.3) is 10.9 Å². The number of aliphatic hydroxyl groups is 3. The number of nitrogens with zero attached hydrogens (tertiary/aromatic N) is 3. The van der Waals surface area contributed by atoms with E-state index in [9.17, 15) is 34.5 Å². The molecule has 3 aromatic carbocycles. The first-order chi connectivity index (χ1) is 47.0. The first-order valence-electron chi connectivity index (χ1n) is 35.1. The second-order valence-electron chi connectivity index (χ2n) is 26.8. The fourth-order valence-corrected chi connectivity index (χ4v) is 15.9. The van der Waals surface area contributed by atoms with E-state index in [1.54, 1.807) is 23.0 Å². The predicted octanol–water partition coefficient (Wildman–Crippen LogP) is 7.23. The van der Waals surface area contributed by atoms with Crippen molar-refractivity contribution in [1.82, 2.24) is 46.6 Å². The summed E-state index contributed by atoms with van der Waals surface area (Å²) < 4.78 is 8.13. The number of para-hydroxylation sites is 1. The summed E-state index contributed by atoms with van der Waals surface area (Å²) in [4.78, 5) is 122. The first-order valence-corrected chi connectivity index (χ1v) is 37.6. The molecule has 22 nitrogen and oxygen atoms in total. The largest absolute Gasteiger partial charge is 0.396 e. The summed E-state index contributed by atoms with van der Waals surface area (Å²) >= 11 is 0. The second kappa shape index (κ2) is 39.7. The van der Waals surface area contributed by atoms with Crippen molar-refractivity contribution in [2.75, 3.05) is 31.3 Å². The molecule has 24 heteroatoms. The number of ketones is 3. The Bertz CT molecular complexity index is 3330. The number of aliphatic hydroxyl groups excluding tert-OH is 3. The van der Waals surface area contributed by atoms with E-state index < -0.39 is 127 Å². The molecule has 0 spiro atoms. The minimum atomic E-state index is -1.65. The highest BCUT2D eigenvalue weighted by atomic mass is 33.1. The highest BCUT2D eigenvalue weighted by Gasteiger charge is 2.38. The number of carbonyl (C=O) groups is 8. The first kappa shape index (κ1) is 76.0. The molecule has 11 unspecified atom stereocenters. The van der Waals surface area contributed by atoms with Gasteiger partial charge in [0.05, 0.1) is 41.9 Å². The fourth-order valence-electron chi connectivity index (χ4n) is 13.4. The number of hydrogen-bond donors (Lipinski definition) is 10. The van der Waals surface area contributed by atoms with E-state index >= 15 is 19.2 Å². The van der Waals surface area contributed by atoms with Gasteiger partial charge in [-0.15, -0.1) is 5.10 Å². The number of aromatic nitrogens is 4. The number of fused-ring (bicyclic) bond motifs is 2. The van der Waals surface area contributed by atoms with E-state index in [1.807, 2.05) is 72.8 Å². The van der Waals surface area contributed by atoms with E-state index in [1.165, 1.54) is 58.8 Å². The number of aromatic amines is 1. The minimum Gasteiger partial charge on any atom is -0.396 e. The van der Waals surface area contributed by atoms with Crippen LogP contribution in [0.3, 0.4) is 0 Å². The summed E-state index contributed by atoms with van der Waals surface area (Å²) in [6, 6.07) is 19.0. The number of benzene rings is 3. The van der Waals surface area contributed by atoms with Crippen LogP contribution in [-0.4, -0.2) is 156 Å². The van der Waals surface area contributed by atoms with Crippen LogP contribution in [0.15, 0.2) is 91.1 Å². The summed E-state index contributed by atoms with van der Waals surface area (Å²) in [7, 11) is 2.20. The van der Waals surface area contributed by atoms with Crippen molar-refractivity contribution in [2.45, 2.75) is 217 Å². The number of ether oxygens (including phenoxy) is 1. The lowest BCUT2D eigenvalue weighted by Crippen LogP contribution is -2.59. The van der Waals surface area contributed by atoms with Crippen LogP contribution >= 0.6 is 21.6 Å². The molecule has 0 radical (unpaired) electrons. The van der Waals surface area contributed by atoms with Crippen molar-refractivity contribution in [3.63, 3.8) is 0 Å². The van der Waals surface area contributed by atoms with Crippen LogP contribution in [0.4, 0.5) is 0 Å². The Morgan fingerprint density at radius 2 is 1.40 bits per heavy atom. The van der Waals surface area contributed by atoms with Crippen LogP contribution in [0.2, 0.25) is 0 Å². The molecular formula is C73H102N10O12S2. The van der Waals surface area contributed by atoms with Gasteiger partial charge < -0.3 is 57.4 Å². The third-order valence-electron chi connectivity index (χ3n) is 19.2. The average Bonchev–Trinajstić information content (AvgIpc) is 1.78.